The summed E-state index contributed by atoms with van der Waals surface area (Å²) in [4.78, 5) is 21.2. The van der Waals surface area contributed by atoms with Crippen molar-refractivity contribution in [1.82, 2.24) is 9.97 Å². The fourth-order valence-electron chi connectivity index (χ4n) is 2.54. The molecule has 126 valence electrons. The van der Waals surface area contributed by atoms with Crippen LogP contribution in [0.2, 0.25) is 0 Å². The Balaban J connectivity index is 1.54. The van der Waals surface area contributed by atoms with E-state index in [4.69, 9.17) is 4.74 Å². The van der Waals surface area contributed by atoms with E-state index in [2.05, 4.69) is 25.9 Å². The second kappa shape index (κ2) is 7.06. The topological polar surface area (TPSA) is 52.1 Å². The third kappa shape index (κ3) is 3.48. The van der Waals surface area contributed by atoms with Gasteiger partial charge >= 0.3 is 5.97 Å². The molecule has 0 aliphatic rings. The number of esters is 1. The fraction of sp³-hybridized carbons (Fsp3) is 0. The molecule has 1 heterocycles. The van der Waals surface area contributed by atoms with Crippen molar-refractivity contribution >= 4 is 32.9 Å². The number of benzene rings is 3. The zero-order valence-corrected chi connectivity index (χ0v) is 15.2. The van der Waals surface area contributed by atoms with Gasteiger partial charge in [-0.1, -0.05) is 28.1 Å². The Morgan fingerprint density at radius 2 is 1.54 bits per heavy atom. The van der Waals surface area contributed by atoms with Gasteiger partial charge in [0, 0.05) is 10.0 Å². The van der Waals surface area contributed by atoms with Crippen LogP contribution in [0.3, 0.4) is 0 Å². The summed E-state index contributed by atoms with van der Waals surface area (Å²) in [6, 6.07) is 22.0. The molecule has 1 aromatic heterocycles. The van der Waals surface area contributed by atoms with Crippen LogP contribution in [0.4, 0.5) is 0 Å². The van der Waals surface area contributed by atoms with E-state index in [1.807, 2.05) is 36.4 Å². The number of aromatic nitrogens is 2. The highest BCUT2D eigenvalue weighted by molar-refractivity contribution is 9.10. The third-order valence-corrected chi connectivity index (χ3v) is 4.42. The summed E-state index contributed by atoms with van der Waals surface area (Å²) in [6.07, 6.45) is 1.74. The molecule has 5 heteroatoms. The molecule has 0 bridgehead atoms. The van der Waals surface area contributed by atoms with E-state index in [9.17, 15) is 4.79 Å². The molecule has 4 rings (SSSR count). The van der Waals surface area contributed by atoms with Crippen molar-refractivity contribution in [1.29, 1.82) is 0 Å². The van der Waals surface area contributed by atoms with Crippen molar-refractivity contribution in [3.8, 4) is 17.0 Å². The molecular weight excluding hydrogens is 392 g/mol. The van der Waals surface area contributed by atoms with Crippen molar-refractivity contribution < 1.29 is 9.53 Å². The lowest BCUT2D eigenvalue weighted by atomic mass is 10.1. The van der Waals surface area contributed by atoms with Crippen molar-refractivity contribution in [2.75, 3.05) is 0 Å². The van der Waals surface area contributed by atoms with Gasteiger partial charge in [-0.05, 0) is 60.7 Å². The average Bonchev–Trinajstić information content (AvgIpc) is 2.68. The third-order valence-electron chi connectivity index (χ3n) is 3.89. The Kier molecular flexibility index (Phi) is 4.46. The van der Waals surface area contributed by atoms with Gasteiger partial charge in [0.2, 0.25) is 0 Å². The Morgan fingerprint density at radius 3 is 2.27 bits per heavy atom. The molecule has 0 radical (unpaired) electrons. The van der Waals surface area contributed by atoms with Crippen molar-refractivity contribution in [2.45, 2.75) is 0 Å². The predicted molar refractivity (Wildman–Crippen MR) is 104 cm³/mol. The van der Waals surface area contributed by atoms with Gasteiger partial charge in [-0.25, -0.2) is 9.78 Å². The summed E-state index contributed by atoms with van der Waals surface area (Å²) in [5.74, 6) is 0.0890. The normalized spacial score (nSPS) is 10.7. The van der Waals surface area contributed by atoms with E-state index >= 15 is 0 Å². The lowest BCUT2D eigenvalue weighted by Gasteiger charge is -2.06. The zero-order chi connectivity index (χ0) is 17.9. The number of halogens is 1. The van der Waals surface area contributed by atoms with Crippen molar-refractivity contribution in [2.24, 2.45) is 0 Å². The van der Waals surface area contributed by atoms with Crippen molar-refractivity contribution in [3.05, 3.63) is 89.0 Å². The Morgan fingerprint density at radius 1 is 0.846 bits per heavy atom. The first-order valence-electron chi connectivity index (χ1n) is 7.99. The molecule has 0 fully saturated rings. The number of para-hydroxylation sites is 2. The summed E-state index contributed by atoms with van der Waals surface area (Å²) in [7, 11) is 0. The number of nitrogens with zero attached hydrogens (tertiary/aromatic N) is 2. The van der Waals surface area contributed by atoms with Crippen LogP contribution in [0, 0.1) is 0 Å². The molecule has 0 amide bonds. The molecule has 4 aromatic rings. The molecule has 3 aromatic carbocycles. The van der Waals surface area contributed by atoms with Gasteiger partial charge in [0.25, 0.3) is 0 Å². The highest BCUT2D eigenvalue weighted by atomic mass is 79.9. The van der Waals surface area contributed by atoms with Gasteiger partial charge in [-0.3, -0.25) is 4.98 Å². The maximum absolute atomic E-state index is 12.2. The average molecular weight is 405 g/mol. The van der Waals surface area contributed by atoms with Crippen molar-refractivity contribution in [3.63, 3.8) is 0 Å². The van der Waals surface area contributed by atoms with Crippen LogP contribution in [-0.4, -0.2) is 15.9 Å². The Labute approximate surface area is 158 Å². The first-order chi connectivity index (χ1) is 12.7. The van der Waals surface area contributed by atoms with E-state index in [1.54, 1.807) is 42.6 Å². The van der Waals surface area contributed by atoms with Crippen LogP contribution in [0.1, 0.15) is 10.4 Å². The monoisotopic (exact) mass is 404 g/mol. The summed E-state index contributed by atoms with van der Waals surface area (Å²) in [5, 5.41) is 0. The molecule has 0 spiro atoms. The van der Waals surface area contributed by atoms with Gasteiger partial charge < -0.3 is 4.74 Å². The van der Waals surface area contributed by atoms with Gasteiger partial charge in [0.05, 0.1) is 28.5 Å². The maximum atomic E-state index is 12.2. The second-order valence-electron chi connectivity index (χ2n) is 5.66. The molecule has 0 aliphatic carbocycles. The van der Waals surface area contributed by atoms with Gasteiger partial charge in [-0.2, -0.15) is 0 Å². The minimum absolute atomic E-state index is 0.393. The summed E-state index contributed by atoms with van der Waals surface area (Å²) >= 11 is 3.34. The summed E-state index contributed by atoms with van der Waals surface area (Å²) in [6.45, 7) is 0. The standard InChI is InChI=1S/C21H13BrN2O2/c22-16-9-5-15(6-10-16)21(25)26-17-11-7-14(8-12-17)20-13-23-18-3-1-2-4-19(18)24-20/h1-13H. The largest absolute Gasteiger partial charge is 0.423 e. The quantitative estimate of drug-likeness (QED) is 0.344. The summed E-state index contributed by atoms with van der Waals surface area (Å²) in [5.41, 5.74) is 3.88. The van der Waals surface area contributed by atoms with Gasteiger partial charge in [0.15, 0.2) is 0 Å². The minimum atomic E-state index is -0.393. The number of carbonyl (C=O) groups excluding carboxylic acids is 1. The van der Waals surface area contributed by atoms with Gasteiger partial charge in [-0.15, -0.1) is 0 Å². The van der Waals surface area contributed by atoms with E-state index in [0.29, 0.717) is 11.3 Å². The van der Waals surface area contributed by atoms with Crippen LogP contribution in [-0.2, 0) is 0 Å². The minimum Gasteiger partial charge on any atom is -0.423 e. The van der Waals surface area contributed by atoms with Gasteiger partial charge in [0.1, 0.15) is 5.75 Å². The Bertz CT molecular complexity index is 1080. The molecule has 0 atom stereocenters. The number of ether oxygens (including phenoxy) is 1. The van der Waals surface area contributed by atoms with E-state index < -0.39 is 5.97 Å². The summed E-state index contributed by atoms with van der Waals surface area (Å²) < 4.78 is 6.32. The first-order valence-corrected chi connectivity index (χ1v) is 8.78. The molecule has 0 aliphatic heterocycles. The molecule has 0 saturated carbocycles. The van der Waals surface area contributed by atoms with Crippen LogP contribution < -0.4 is 4.74 Å². The van der Waals surface area contributed by atoms with E-state index in [0.717, 1.165) is 26.8 Å². The van der Waals surface area contributed by atoms with Crippen LogP contribution in [0.25, 0.3) is 22.3 Å². The molecule has 26 heavy (non-hydrogen) atoms. The van der Waals surface area contributed by atoms with E-state index in [1.165, 1.54) is 0 Å². The van der Waals surface area contributed by atoms with Crippen LogP contribution in [0.5, 0.6) is 5.75 Å². The second-order valence-corrected chi connectivity index (χ2v) is 6.58. The number of rotatable bonds is 3. The Hall–Kier alpha value is -3.05. The fourth-order valence-corrected chi connectivity index (χ4v) is 2.81. The predicted octanol–water partition coefficient (Wildman–Crippen LogP) is 5.28. The molecular formula is C21H13BrN2O2. The highest BCUT2D eigenvalue weighted by Gasteiger charge is 2.09. The van der Waals surface area contributed by atoms with Crippen LogP contribution >= 0.6 is 15.9 Å². The maximum Gasteiger partial charge on any atom is 0.343 e. The molecule has 0 saturated heterocycles. The van der Waals surface area contributed by atoms with Crippen LogP contribution in [0.15, 0.2) is 83.5 Å². The smallest absolute Gasteiger partial charge is 0.343 e. The molecule has 4 nitrogen and oxygen atoms in total. The molecule has 0 N–H and O–H groups in total. The number of carbonyl (C=O) groups is 1. The zero-order valence-electron chi connectivity index (χ0n) is 13.6. The number of hydrogen-bond donors (Lipinski definition) is 0. The molecule has 0 unspecified atom stereocenters. The van der Waals surface area contributed by atoms with E-state index in [-0.39, 0.29) is 0 Å². The first kappa shape index (κ1) is 16.4. The SMILES string of the molecule is O=C(Oc1ccc(-c2cnc3ccccc3n2)cc1)c1ccc(Br)cc1. The highest BCUT2D eigenvalue weighted by Crippen LogP contribution is 2.23. The lowest BCUT2D eigenvalue weighted by molar-refractivity contribution is 0.0735. The number of hydrogen-bond acceptors (Lipinski definition) is 4. The number of fused-ring (bicyclic) bond motifs is 1. The lowest BCUT2D eigenvalue weighted by Crippen LogP contribution is -2.08.